The van der Waals surface area contributed by atoms with Gasteiger partial charge in [0.1, 0.15) is 0 Å². The second kappa shape index (κ2) is 3.39. The van der Waals surface area contributed by atoms with E-state index in [2.05, 4.69) is 15.3 Å². The van der Waals surface area contributed by atoms with Crippen LogP contribution < -0.4 is 4.90 Å². The Bertz CT molecular complexity index is 337. The van der Waals surface area contributed by atoms with Crippen LogP contribution in [-0.4, -0.2) is 18.1 Å². The van der Waals surface area contributed by atoms with Crippen molar-refractivity contribution in [1.82, 2.24) is 4.98 Å². The fraction of sp³-hybridized carbons (Fsp3) is 0.545. The third-order valence-corrected chi connectivity index (χ3v) is 3.89. The predicted octanol–water partition coefficient (Wildman–Crippen LogP) is 2.83. The van der Waals surface area contributed by atoms with Crippen LogP contribution in [0.2, 0.25) is 0 Å². The van der Waals surface area contributed by atoms with E-state index in [1.165, 1.54) is 43.9 Å². The van der Waals surface area contributed by atoms with Gasteiger partial charge in [0.2, 0.25) is 0 Å². The first-order chi connectivity index (χ1) is 6.93. The van der Waals surface area contributed by atoms with Gasteiger partial charge in [0.25, 0.3) is 0 Å². The Morgan fingerprint density at radius 2 is 1.79 bits per heavy atom. The van der Waals surface area contributed by atoms with Crippen molar-refractivity contribution < 1.29 is 0 Å². The zero-order chi connectivity index (χ0) is 9.38. The van der Waals surface area contributed by atoms with Crippen molar-refractivity contribution in [3.8, 4) is 0 Å². The minimum absolute atomic E-state index is 1.17. The molecule has 0 radical (unpaired) electrons. The van der Waals surface area contributed by atoms with Crippen LogP contribution in [-0.2, 0) is 0 Å². The lowest BCUT2D eigenvalue weighted by atomic mass is 10.0. The number of aromatic nitrogens is 1. The largest absolute Gasteiger partial charge is 0.347 e. The normalized spacial score (nSPS) is 21.6. The summed E-state index contributed by atoms with van der Waals surface area (Å²) in [6.07, 6.45) is 7.21. The van der Waals surface area contributed by atoms with Gasteiger partial charge < -0.3 is 4.90 Å². The molecule has 0 bridgehead atoms. The van der Waals surface area contributed by atoms with Gasteiger partial charge in [-0.2, -0.15) is 0 Å². The van der Waals surface area contributed by atoms with Crippen molar-refractivity contribution in [3.63, 3.8) is 0 Å². The number of piperidine rings is 1. The fourth-order valence-corrected chi connectivity index (χ4v) is 2.81. The Kier molecular flexibility index (Phi) is 2.05. The molecule has 2 fully saturated rings. The summed E-state index contributed by atoms with van der Waals surface area (Å²) in [7, 11) is 0. The van der Waals surface area contributed by atoms with Crippen LogP contribution in [0.15, 0.2) is 22.7 Å². The van der Waals surface area contributed by atoms with Crippen LogP contribution in [0.3, 0.4) is 0 Å². The highest BCUT2D eigenvalue weighted by Gasteiger charge is 2.22. The Hall–Kier alpha value is -0.830. The fourth-order valence-electron chi connectivity index (χ4n) is 2.11. The number of thiazole rings is 1. The maximum absolute atomic E-state index is 4.35. The molecule has 0 amide bonds. The van der Waals surface area contributed by atoms with E-state index < -0.39 is 0 Å². The molecule has 0 atom stereocenters. The van der Waals surface area contributed by atoms with Gasteiger partial charge in [-0.15, -0.1) is 11.3 Å². The number of rotatable bonds is 1. The lowest BCUT2D eigenvalue weighted by Gasteiger charge is -2.27. The second-order valence-corrected chi connectivity index (χ2v) is 4.88. The van der Waals surface area contributed by atoms with Gasteiger partial charge in [-0.1, -0.05) is 11.1 Å². The molecule has 1 aromatic rings. The van der Waals surface area contributed by atoms with E-state index in [0.717, 1.165) is 0 Å². The molecule has 0 N–H and O–H groups in total. The van der Waals surface area contributed by atoms with Crippen LogP contribution in [0.5, 0.6) is 0 Å². The minimum Gasteiger partial charge on any atom is -0.347 e. The third-order valence-electron chi connectivity index (χ3n) is 3.06. The second-order valence-electron chi connectivity index (χ2n) is 4.01. The maximum Gasteiger partial charge on any atom is 0.185 e. The van der Waals surface area contributed by atoms with E-state index in [4.69, 9.17) is 0 Å². The first kappa shape index (κ1) is 8.48. The summed E-state index contributed by atoms with van der Waals surface area (Å²) in [5, 5.41) is 3.26. The summed E-state index contributed by atoms with van der Waals surface area (Å²) in [5.41, 5.74) is 3.50. The molecule has 2 nitrogen and oxygen atoms in total. The summed E-state index contributed by atoms with van der Waals surface area (Å²) in [6, 6.07) is 0. The number of anilines is 1. The molecule has 1 saturated carbocycles. The zero-order valence-corrected chi connectivity index (χ0v) is 9.02. The molecule has 1 aliphatic carbocycles. The first-order valence-corrected chi connectivity index (χ1v) is 6.15. The topological polar surface area (TPSA) is 16.1 Å². The Balaban J connectivity index is 1.68. The summed E-state index contributed by atoms with van der Waals surface area (Å²) in [6.45, 7) is 2.35. The summed E-state index contributed by atoms with van der Waals surface area (Å²) in [4.78, 5) is 6.77. The van der Waals surface area contributed by atoms with Crippen molar-refractivity contribution in [3.05, 3.63) is 22.7 Å². The molecule has 1 saturated heterocycles. The number of hydrogen-bond acceptors (Lipinski definition) is 3. The first-order valence-electron chi connectivity index (χ1n) is 5.28. The van der Waals surface area contributed by atoms with Gasteiger partial charge in [-0.3, -0.25) is 0 Å². The van der Waals surface area contributed by atoms with Crippen molar-refractivity contribution in [2.24, 2.45) is 0 Å². The Morgan fingerprint density at radius 3 is 2.36 bits per heavy atom. The molecule has 3 rings (SSSR count). The van der Waals surface area contributed by atoms with E-state index in [-0.39, 0.29) is 0 Å². The zero-order valence-electron chi connectivity index (χ0n) is 8.20. The number of allylic oxidation sites excluding steroid dienone is 1. The van der Waals surface area contributed by atoms with Gasteiger partial charge in [0.05, 0.1) is 0 Å². The highest BCUT2D eigenvalue weighted by Crippen LogP contribution is 2.36. The number of nitrogens with zero attached hydrogens (tertiary/aromatic N) is 2. The summed E-state index contributed by atoms with van der Waals surface area (Å²) >= 11 is 1.75. The van der Waals surface area contributed by atoms with Crippen LogP contribution in [0.4, 0.5) is 5.13 Å². The molecule has 0 aromatic carbocycles. The lowest BCUT2D eigenvalue weighted by molar-refractivity contribution is 0.680. The molecule has 0 spiro atoms. The van der Waals surface area contributed by atoms with Crippen molar-refractivity contribution in [2.45, 2.75) is 25.7 Å². The molecule has 74 valence electrons. The van der Waals surface area contributed by atoms with Gasteiger partial charge >= 0.3 is 0 Å². The van der Waals surface area contributed by atoms with Crippen LogP contribution in [0, 0.1) is 0 Å². The highest BCUT2D eigenvalue weighted by molar-refractivity contribution is 7.13. The monoisotopic (exact) mass is 206 g/mol. The molecule has 14 heavy (non-hydrogen) atoms. The summed E-state index contributed by atoms with van der Waals surface area (Å²) < 4.78 is 0. The third kappa shape index (κ3) is 1.57. The molecule has 1 aromatic heterocycles. The average molecular weight is 206 g/mol. The Labute approximate surface area is 88.3 Å². The van der Waals surface area contributed by atoms with Crippen molar-refractivity contribution in [1.29, 1.82) is 0 Å². The number of hydrogen-bond donors (Lipinski definition) is 0. The minimum atomic E-state index is 1.17. The molecule has 1 aliphatic heterocycles. The smallest absolute Gasteiger partial charge is 0.185 e. The van der Waals surface area contributed by atoms with Gasteiger partial charge in [0, 0.05) is 24.7 Å². The molecule has 0 unspecified atom stereocenters. The van der Waals surface area contributed by atoms with E-state index in [1.807, 2.05) is 6.20 Å². The molecule has 3 heteroatoms. The van der Waals surface area contributed by atoms with E-state index in [1.54, 1.807) is 22.5 Å². The lowest BCUT2D eigenvalue weighted by Crippen LogP contribution is -2.30. The average Bonchev–Trinajstić information content (AvgIpc) is 2.94. The highest BCUT2D eigenvalue weighted by atomic mass is 32.1. The maximum atomic E-state index is 4.35. The summed E-state index contributed by atoms with van der Waals surface area (Å²) in [5.74, 6) is 0. The van der Waals surface area contributed by atoms with Gasteiger partial charge in [-0.05, 0) is 25.7 Å². The van der Waals surface area contributed by atoms with Crippen molar-refractivity contribution >= 4 is 16.5 Å². The SMILES string of the molecule is c1csc(N2CCC(=C3CC3)CC2)n1. The van der Waals surface area contributed by atoms with Crippen LogP contribution >= 0.6 is 11.3 Å². The molecule has 2 heterocycles. The Morgan fingerprint density at radius 1 is 1.07 bits per heavy atom. The van der Waals surface area contributed by atoms with Crippen molar-refractivity contribution in [2.75, 3.05) is 18.0 Å². The molecular weight excluding hydrogens is 192 g/mol. The van der Waals surface area contributed by atoms with E-state index in [0.29, 0.717) is 0 Å². The van der Waals surface area contributed by atoms with Crippen LogP contribution in [0.25, 0.3) is 0 Å². The van der Waals surface area contributed by atoms with Crippen LogP contribution in [0.1, 0.15) is 25.7 Å². The predicted molar refractivity (Wildman–Crippen MR) is 59.8 cm³/mol. The van der Waals surface area contributed by atoms with E-state index in [9.17, 15) is 0 Å². The van der Waals surface area contributed by atoms with Gasteiger partial charge in [0.15, 0.2) is 5.13 Å². The molecule has 2 aliphatic rings. The van der Waals surface area contributed by atoms with E-state index >= 15 is 0 Å². The molecular formula is C11H14N2S. The van der Waals surface area contributed by atoms with Gasteiger partial charge in [-0.25, -0.2) is 4.98 Å². The quantitative estimate of drug-likeness (QED) is 0.657. The standard InChI is InChI=1S/C11H14N2S/c1-2-9(1)10-3-6-13(7-4-10)11-12-5-8-14-11/h5,8H,1-4,6-7H2.